The van der Waals surface area contributed by atoms with Crippen LogP contribution in [0.1, 0.15) is 25.4 Å². The molecule has 4 rings (SSSR count). The summed E-state index contributed by atoms with van der Waals surface area (Å²) in [5, 5.41) is 15.7. The summed E-state index contributed by atoms with van der Waals surface area (Å²) in [6, 6.07) is 13.7. The number of nitrogens with one attached hydrogen (secondary N) is 2. The summed E-state index contributed by atoms with van der Waals surface area (Å²) < 4.78 is 15.7. The minimum absolute atomic E-state index is 0.285. The number of pyridine rings is 2. The summed E-state index contributed by atoms with van der Waals surface area (Å²) in [4.78, 5) is 14.5. The number of hydrogen-bond donors (Lipinski definition) is 2. The van der Waals surface area contributed by atoms with Gasteiger partial charge in [0, 0.05) is 11.0 Å². The quantitative estimate of drug-likeness (QED) is 0.139. The van der Waals surface area contributed by atoms with Crippen molar-refractivity contribution in [2.45, 2.75) is 25.7 Å². The lowest BCUT2D eigenvalue weighted by Gasteiger charge is -2.13. The van der Waals surface area contributed by atoms with Gasteiger partial charge in [0.15, 0.2) is 5.65 Å². The van der Waals surface area contributed by atoms with Crippen LogP contribution < -0.4 is 10.6 Å². The van der Waals surface area contributed by atoms with Crippen molar-refractivity contribution in [2.75, 3.05) is 16.9 Å². The molecule has 0 aliphatic heterocycles. The zero-order chi connectivity index (χ0) is 24.0. The smallest absolute Gasteiger partial charge is 0.168 e. The van der Waals surface area contributed by atoms with Crippen LogP contribution in [0.5, 0.6) is 0 Å². The summed E-state index contributed by atoms with van der Waals surface area (Å²) in [6.07, 6.45) is 2.33. The summed E-state index contributed by atoms with van der Waals surface area (Å²) in [6.45, 7) is 5.94. The average molecular weight is 593 g/mol. The van der Waals surface area contributed by atoms with Crippen molar-refractivity contribution in [1.82, 2.24) is 19.3 Å². The molecule has 0 saturated carbocycles. The molecule has 11 heteroatoms. The molecule has 0 aliphatic rings. The van der Waals surface area contributed by atoms with Gasteiger partial charge < -0.3 is 10.6 Å². The molecule has 1 atom stereocenters. The van der Waals surface area contributed by atoms with Gasteiger partial charge in [-0.25, -0.2) is 19.3 Å². The highest BCUT2D eigenvalue weighted by molar-refractivity contribution is 14.2. The van der Waals surface area contributed by atoms with E-state index in [0.717, 1.165) is 33.3 Å². The number of thioether (sulfide) groups is 1. The molecule has 3 heterocycles. The maximum absolute atomic E-state index is 13.7. The second-order valence-corrected chi connectivity index (χ2v) is 9.33. The number of hydrogen-bond acceptors (Lipinski definition) is 7. The highest BCUT2D eigenvalue weighted by Gasteiger charge is 2.16. The molecule has 33 heavy (non-hydrogen) atoms. The van der Waals surface area contributed by atoms with Gasteiger partial charge in [0.1, 0.15) is 40.6 Å². The van der Waals surface area contributed by atoms with E-state index in [2.05, 4.69) is 37.7 Å². The first kappa shape index (κ1) is 25.1. The molecule has 0 aliphatic carbocycles. The lowest BCUT2D eigenvalue weighted by molar-refractivity contribution is 0.624. The van der Waals surface area contributed by atoms with Gasteiger partial charge in [-0.3, -0.25) is 4.34 Å². The molecule has 0 saturated heterocycles. The molecular formula is C22H22FIN7PS. The number of fused-ring (bicyclic) bond motifs is 1. The molecule has 3 aromatic heterocycles. The van der Waals surface area contributed by atoms with E-state index in [1.54, 1.807) is 24.3 Å². The number of halogens is 2. The maximum atomic E-state index is 13.7. The van der Waals surface area contributed by atoms with Crippen molar-refractivity contribution >= 4 is 74.4 Å². The molecule has 0 amide bonds. The van der Waals surface area contributed by atoms with Crippen LogP contribution in [0.3, 0.4) is 0 Å². The Morgan fingerprint density at radius 1 is 1.06 bits per heavy atom. The third kappa shape index (κ3) is 5.72. The number of imidazole rings is 1. The first-order chi connectivity index (χ1) is 16.0. The molecular weight excluding hydrogens is 571 g/mol. The molecule has 0 bridgehead atoms. The van der Waals surface area contributed by atoms with Gasteiger partial charge >= 0.3 is 0 Å². The minimum atomic E-state index is -0.285. The standard InChI is InChI=1S/C20H16FIN7PS.C2H6/c1-11-24-19-15(26-14-7-6-12(21)8-16(14)31-2)9-18(28-20(19)29(11)30-22)27-17-5-3-4-13(10-23)25-17;1-2/h3-9,30H,1-2H3,(H2,25,26,27,28);1-2H3. The van der Waals surface area contributed by atoms with Crippen molar-refractivity contribution in [1.29, 1.82) is 5.26 Å². The van der Waals surface area contributed by atoms with Gasteiger partial charge in [0.25, 0.3) is 0 Å². The molecule has 4 aromatic rings. The number of nitriles is 1. The Bertz CT molecular complexity index is 1320. The van der Waals surface area contributed by atoms with E-state index in [1.165, 1.54) is 23.9 Å². The highest BCUT2D eigenvalue weighted by atomic mass is 127. The van der Waals surface area contributed by atoms with Crippen LogP contribution in [0.4, 0.5) is 27.4 Å². The summed E-state index contributed by atoms with van der Waals surface area (Å²) in [7, 11) is 0. The fourth-order valence-corrected chi connectivity index (χ4v) is 5.74. The number of rotatable bonds is 6. The fraction of sp³-hybridized carbons (Fsp3) is 0.182. The molecule has 7 nitrogen and oxygen atoms in total. The van der Waals surface area contributed by atoms with Crippen molar-refractivity contribution < 1.29 is 4.39 Å². The number of benzene rings is 1. The van der Waals surface area contributed by atoms with Crippen molar-refractivity contribution in [3.63, 3.8) is 0 Å². The molecule has 0 spiro atoms. The van der Waals surface area contributed by atoms with Gasteiger partial charge in [0.2, 0.25) is 0 Å². The van der Waals surface area contributed by atoms with Crippen molar-refractivity contribution in [3.8, 4) is 6.07 Å². The first-order valence-electron chi connectivity index (χ1n) is 10.0. The molecule has 0 fully saturated rings. The number of aryl methyl sites for hydroxylation is 1. The van der Waals surface area contributed by atoms with Crippen LogP contribution in [-0.2, 0) is 0 Å². The van der Waals surface area contributed by atoms with Crippen molar-refractivity contribution in [3.05, 3.63) is 59.8 Å². The summed E-state index contributed by atoms with van der Waals surface area (Å²) in [5.74, 6) is 1.64. The first-order valence-corrected chi connectivity index (χ1v) is 15.3. The normalized spacial score (nSPS) is 10.7. The Balaban J connectivity index is 0.00000149. The van der Waals surface area contributed by atoms with Gasteiger partial charge in [-0.15, -0.1) is 11.8 Å². The van der Waals surface area contributed by atoms with Gasteiger partial charge in [-0.05, 0) is 65.6 Å². The van der Waals surface area contributed by atoms with E-state index in [-0.39, 0.29) is 5.82 Å². The van der Waals surface area contributed by atoms with E-state index < -0.39 is 0 Å². The number of anilines is 4. The molecule has 1 unspecified atom stereocenters. The molecule has 1 aromatic carbocycles. The van der Waals surface area contributed by atoms with Crippen LogP contribution in [0, 0.1) is 24.1 Å². The van der Waals surface area contributed by atoms with E-state index >= 15 is 0 Å². The zero-order valence-electron chi connectivity index (χ0n) is 18.4. The third-order valence-electron chi connectivity index (χ3n) is 4.42. The largest absolute Gasteiger partial charge is 0.353 e. The van der Waals surface area contributed by atoms with E-state index in [1.807, 2.05) is 43.5 Å². The average Bonchev–Trinajstić information content (AvgIpc) is 3.16. The maximum Gasteiger partial charge on any atom is 0.168 e. The topological polar surface area (TPSA) is 91.4 Å². The third-order valence-corrected chi connectivity index (χ3v) is 7.35. The fourth-order valence-electron chi connectivity index (χ4n) is 3.03. The number of nitrogens with zero attached hydrogens (tertiary/aromatic N) is 5. The van der Waals surface area contributed by atoms with Crippen LogP contribution >= 0.6 is 40.2 Å². The highest BCUT2D eigenvalue weighted by Crippen LogP contribution is 2.37. The Kier molecular flexibility index (Phi) is 8.83. The van der Waals surface area contributed by atoms with Crippen LogP contribution in [0.25, 0.3) is 11.2 Å². The molecule has 170 valence electrons. The zero-order valence-corrected chi connectivity index (χ0v) is 22.4. The predicted octanol–water partition coefficient (Wildman–Crippen LogP) is 7.17. The molecule has 0 radical (unpaired) electrons. The van der Waals surface area contributed by atoms with Gasteiger partial charge in [-0.1, -0.05) is 19.9 Å². The monoisotopic (exact) mass is 593 g/mol. The number of aromatic nitrogens is 4. The lowest BCUT2D eigenvalue weighted by atomic mass is 10.2. The van der Waals surface area contributed by atoms with Gasteiger partial charge in [0.05, 0.1) is 17.7 Å². The molecule has 2 N–H and O–H groups in total. The second kappa shape index (κ2) is 11.6. The summed E-state index contributed by atoms with van der Waals surface area (Å²) in [5.41, 5.74) is 3.28. The van der Waals surface area contributed by atoms with Gasteiger partial charge in [-0.2, -0.15) is 5.26 Å². The Labute approximate surface area is 210 Å². The Morgan fingerprint density at radius 2 is 1.85 bits per heavy atom. The van der Waals surface area contributed by atoms with Crippen LogP contribution in [0.2, 0.25) is 0 Å². The van der Waals surface area contributed by atoms with Crippen LogP contribution in [-0.4, -0.2) is 25.5 Å². The second-order valence-electron chi connectivity index (χ2n) is 6.42. The van der Waals surface area contributed by atoms with E-state index in [0.29, 0.717) is 23.7 Å². The van der Waals surface area contributed by atoms with E-state index in [4.69, 9.17) is 15.2 Å². The lowest BCUT2D eigenvalue weighted by Crippen LogP contribution is -2.01. The van der Waals surface area contributed by atoms with E-state index in [9.17, 15) is 4.39 Å². The Hall–Kier alpha value is -2.48. The SMILES string of the molecule is CC.CSc1cc(F)ccc1Nc1cc(Nc2cccc(C#N)n2)nc2c1nc(C)n2PI. The van der Waals surface area contributed by atoms with Crippen molar-refractivity contribution in [2.24, 2.45) is 0 Å². The Morgan fingerprint density at radius 3 is 2.55 bits per heavy atom. The minimum Gasteiger partial charge on any atom is -0.353 e. The van der Waals surface area contributed by atoms with Crippen LogP contribution in [0.15, 0.2) is 47.4 Å². The predicted molar refractivity (Wildman–Crippen MR) is 145 cm³/mol. The summed E-state index contributed by atoms with van der Waals surface area (Å²) >= 11 is 3.75.